The van der Waals surface area contributed by atoms with Gasteiger partial charge in [0.1, 0.15) is 5.78 Å². The van der Waals surface area contributed by atoms with E-state index < -0.39 is 10.4 Å². The zero-order chi connectivity index (χ0) is 18.0. The molecule has 0 spiro atoms. The Morgan fingerprint density at radius 1 is 1.04 bits per heavy atom. The van der Waals surface area contributed by atoms with Crippen molar-refractivity contribution in [3.8, 4) is 0 Å². The SMILES string of the molecule is C[C@@]12CC[C@@H](OS(=O)(=O)O)C[C@@H]1CC[C@H]1[C@H]3CCC(=O)[C@]3(C)CC[C@@H]12. The van der Waals surface area contributed by atoms with Crippen molar-refractivity contribution < 1.29 is 21.9 Å². The summed E-state index contributed by atoms with van der Waals surface area (Å²) in [5.74, 6) is 2.76. The summed E-state index contributed by atoms with van der Waals surface area (Å²) in [6.07, 6.45) is 8.19. The lowest BCUT2D eigenvalue weighted by Crippen LogP contribution is -2.54. The van der Waals surface area contributed by atoms with Crippen LogP contribution in [0.4, 0.5) is 0 Å². The molecule has 4 aliphatic carbocycles. The first-order chi connectivity index (χ1) is 11.6. The van der Waals surface area contributed by atoms with Gasteiger partial charge in [0.25, 0.3) is 0 Å². The van der Waals surface area contributed by atoms with Crippen molar-refractivity contribution in [2.75, 3.05) is 0 Å². The fourth-order valence-electron chi connectivity index (χ4n) is 7.25. The number of ketones is 1. The average Bonchev–Trinajstić information content (AvgIpc) is 2.82. The Hall–Kier alpha value is -0.460. The maximum atomic E-state index is 12.4. The van der Waals surface area contributed by atoms with Crippen molar-refractivity contribution in [2.45, 2.75) is 77.7 Å². The summed E-state index contributed by atoms with van der Waals surface area (Å²) >= 11 is 0. The number of rotatable bonds is 2. The van der Waals surface area contributed by atoms with Gasteiger partial charge in [-0.3, -0.25) is 9.35 Å². The van der Waals surface area contributed by atoms with Crippen molar-refractivity contribution in [2.24, 2.45) is 34.5 Å². The molecule has 4 aliphatic rings. The van der Waals surface area contributed by atoms with Crippen LogP contribution in [0.2, 0.25) is 0 Å². The van der Waals surface area contributed by atoms with Gasteiger partial charge in [-0.25, -0.2) is 4.18 Å². The molecule has 0 aliphatic heterocycles. The van der Waals surface area contributed by atoms with Crippen LogP contribution >= 0.6 is 0 Å². The fraction of sp³-hybridized carbons (Fsp3) is 0.947. The molecule has 0 unspecified atom stereocenters. The van der Waals surface area contributed by atoms with Crippen LogP contribution in [0.5, 0.6) is 0 Å². The standard InChI is InChI=1S/C19H30O5S/c1-18-9-7-13(24-25(21,22)23)11-12(18)3-4-14-15-5-6-17(20)19(15,2)10-8-16(14)18/h12-16H,3-11H2,1-2H3,(H,21,22,23)/t12-,13+,14-,15+,16-,18+,19+/m0/s1. The first-order valence-electron chi connectivity index (χ1n) is 9.82. The monoisotopic (exact) mass is 370 g/mol. The zero-order valence-corrected chi connectivity index (χ0v) is 16.1. The van der Waals surface area contributed by atoms with E-state index in [2.05, 4.69) is 13.8 Å². The van der Waals surface area contributed by atoms with Gasteiger partial charge < -0.3 is 0 Å². The van der Waals surface area contributed by atoms with Crippen LogP contribution in [0.15, 0.2) is 0 Å². The Bertz CT molecular complexity index is 673. The lowest BCUT2D eigenvalue weighted by Gasteiger charge is -2.60. The fourth-order valence-corrected chi connectivity index (χ4v) is 7.77. The van der Waals surface area contributed by atoms with Crippen LogP contribution in [-0.2, 0) is 19.4 Å². The summed E-state index contributed by atoms with van der Waals surface area (Å²) in [6.45, 7) is 4.59. The number of Topliss-reactive ketones (excluding diaryl/α,β-unsaturated/α-hetero) is 1. The predicted octanol–water partition coefficient (Wildman–Crippen LogP) is 3.79. The summed E-state index contributed by atoms with van der Waals surface area (Å²) in [4.78, 5) is 12.4. The average molecular weight is 371 g/mol. The van der Waals surface area contributed by atoms with Gasteiger partial charge in [-0.2, -0.15) is 8.42 Å². The van der Waals surface area contributed by atoms with Gasteiger partial charge in [0.2, 0.25) is 0 Å². The van der Waals surface area contributed by atoms with Crippen LogP contribution in [0.1, 0.15) is 71.6 Å². The summed E-state index contributed by atoms with van der Waals surface area (Å²) in [7, 11) is -4.37. The molecule has 142 valence electrons. The van der Waals surface area contributed by atoms with Gasteiger partial charge in [-0.05, 0) is 80.5 Å². The van der Waals surface area contributed by atoms with Gasteiger partial charge in [0.05, 0.1) is 6.10 Å². The molecule has 0 aromatic heterocycles. The molecular weight excluding hydrogens is 340 g/mol. The highest BCUT2D eigenvalue weighted by molar-refractivity contribution is 7.80. The highest BCUT2D eigenvalue weighted by Crippen LogP contribution is 2.65. The highest BCUT2D eigenvalue weighted by atomic mass is 32.3. The van der Waals surface area contributed by atoms with Gasteiger partial charge >= 0.3 is 10.4 Å². The zero-order valence-electron chi connectivity index (χ0n) is 15.2. The quantitative estimate of drug-likeness (QED) is 0.748. The molecule has 1 N–H and O–H groups in total. The normalized spacial score (nSPS) is 50.0. The van der Waals surface area contributed by atoms with E-state index in [1.807, 2.05) is 0 Å². The predicted molar refractivity (Wildman–Crippen MR) is 93.2 cm³/mol. The summed E-state index contributed by atoms with van der Waals surface area (Å²) in [5, 5.41) is 0. The third-order valence-electron chi connectivity index (χ3n) is 8.58. The maximum Gasteiger partial charge on any atom is 0.397 e. The minimum atomic E-state index is -4.37. The Kier molecular flexibility index (Phi) is 4.14. The number of carbonyl (C=O) groups excluding carboxylic acids is 1. The van der Waals surface area contributed by atoms with E-state index in [1.165, 1.54) is 0 Å². The van der Waals surface area contributed by atoms with Crippen LogP contribution in [0.3, 0.4) is 0 Å². The molecule has 0 bridgehead atoms. The van der Waals surface area contributed by atoms with Gasteiger partial charge in [-0.15, -0.1) is 0 Å². The van der Waals surface area contributed by atoms with E-state index in [0.29, 0.717) is 35.9 Å². The molecule has 0 heterocycles. The topological polar surface area (TPSA) is 80.7 Å². The first-order valence-corrected chi connectivity index (χ1v) is 11.2. The van der Waals surface area contributed by atoms with E-state index in [4.69, 9.17) is 8.74 Å². The highest BCUT2D eigenvalue weighted by Gasteiger charge is 2.60. The summed E-state index contributed by atoms with van der Waals surface area (Å²) < 4.78 is 36.0. The van der Waals surface area contributed by atoms with Crippen molar-refractivity contribution >= 4 is 16.2 Å². The van der Waals surface area contributed by atoms with Crippen molar-refractivity contribution in [3.63, 3.8) is 0 Å². The van der Waals surface area contributed by atoms with Gasteiger partial charge in [0, 0.05) is 11.8 Å². The lowest BCUT2D eigenvalue weighted by molar-refractivity contribution is -0.141. The Balaban J connectivity index is 1.54. The summed E-state index contributed by atoms with van der Waals surface area (Å²) in [6, 6.07) is 0. The number of hydrogen-bond donors (Lipinski definition) is 1. The molecule has 25 heavy (non-hydrogen) atoms. The molecule has 0 radical (unpaired) electrons. The van der Waals surface area contributed by atoms with Crippen LogP contribution in [-0.4, -0.2) is 24.9 Å². The molecule has 4 fully saturated rings. The largest absolute Gasteiger partial charge is 0.397 e. The molecule has 4 rings (SSSR count). The number of carbonyl (C=O) groups is 1. The Morgan fingerprint density at radius 3 is 2.52 bits per heavy atom. The second kappa shape index (κ2) is 5.77. The van der Waals surface area contributed by atoms with Gasteiger partial charge in [0.15, 0.2) is 0 Å². The van der Waals surface area contributed by atoms with Crippen LogP contribution in [0, 0.1) is 34.5 Å². The second-order valence-corrected chi connectivity index (χ2v) is 10.5. The minimum absolute atomic E-state index is 0.0877. The number of fused-ring (bicyclic) bond motifs is 5. The van der Waals surface area contributed by atoms with Crippen molar-refractivity contribution in [1.82, 2.24) is 0 Å². The van der Waals surface area contributed by atoms with E-state index >= 15 is 0 Å². The first kappa shape index (κ1) is 17.9. The molecular formula is C19H30O5S. The molecule has 4 saturated carbocycles. The van der Waals surface area contributed by atoms with Gasteiger partial charge in [-0.1, -0.05) is 13.8 Å². The van der Waals surface area contributed by atoms with Crippen molar-refractivity contribution in [1.29, 1.82) is 0 Å². The summed E-state index contributed by atoms with van der Waals surface area (Å²) in [5.41, 5.74) is 0.130. The molecule has 5 nitrogen and oxygen atoms in total. The third kappa shape index (κ3) is 2.79. The Morgan fingerprint density at radius 2 is 1.80 bits per heavy atom. The molecule has 6 heteroatoms. The number of hydrogen-bond acceptors (Lipinski definition) is 4. The second-order valence-electron chi connectivity index (χ2n) is 9.50. The minimum Gasteiger partial charge on any atom is -0.299 e. The van der Waals surface area contributed by atoms with Crippen LogP contribution in [0.25, 0.3) is 0 Å². The third-order valence-corrected chi connectivity index (χ3v) is 9.10. The van der Waals surface area contributed by atoms with Crippen LogP contribution < -0.4 is 0 Å². The molecule has 0 aromatic rings. The van der Waals surface area contributed by atoms with E-state index in [1.54, 1.807) is 0 Å². The Labute approximate surface area is 150 Å². The van der Waals surface area contributed by atoms with E-state index in [-0.39, 0.29) is 16.9 Å². The van der Waals surface area contributed by atoms with Crippen molar-refractivity contribution in [3.05, 3.63) is 0 Å². The lowest BCUT2D eigenvalue weighted by atomic mass is 9.45. The van der Waals surface area contributed by atoms with E-state index in [0.717, 1.165) is 51.4 Å². The molecule has 0 aromatic carbocycles. The molecule has 0 amide bonds. The molecule has 0 saturated heterocycles. The van der Waals surface area contributed by atoms with E-state index in [9.17, 15) is 13.2 Å². The smallest absolute Gasteiger partial charge is 0.299 e. The molecule has 7 atom stereocenters. The maximum absolute atomic E-state index is 12.4.